The van der Waals surface area contributed by atoms with Crippen LogP contribution in [0.25, 0.3) is 0 Å². The predicted molar refractivity (Wildman–Crippen MR) is 46.2 cm³/mol. The molecule has 0 spiro atoms. The van der Waals surface area contributed by atoms with Gasteiger partial charge in [0.2, 0.25) is 0 Å². The summed E-state index contributed by atoms with van der Waals surface area (Å²) in [7, 11) is 0. The quantitative estimate of drug-likeness (QED) is 0.286. The van der Waals surface area contributed by atoms with Crippen molar-refractivity contribution in [2.75, 3.05) is 13.2 Å². The van der Waals surface area contributed by atoms with Gasteiger partial charge in [0.1, 0.15) is 0 Å². The average Bonchev–Trinajstić information content (AvgIpc) is 2.50. The van der Waals surface area contributed by atoms with Gasteiger partial charge < -0.3 is 29.6 Å². The number of allylic oxidation sites excluding steroid dienone is 4. The summed E-state index contributed by atoms with van der Waals surface area (Å²) < 4.78 is 5.23. The fraction of sp³-hybridized carbons (Fsp3) is 0.600. The second kappa shape index (κ2) is 13.7. The molecule has 0 aromatic heterocycles. The van der Waals surface area contributed by atoms with E-state index in [1.54, 1.807) is 0 Å². The number of hydrogen-bond acceptors (Lipinski definition) is 1. The van der Waals surface area contributed by atoms with Crippen LogP contribution in [0.4, 0.5) is 0 Å². The van der Waals surface area contributed by atoms with Gasteiger partial charge in [-0.25, -0.2) is 11.6 Å². The van der Waals surface area contributed by atoms with Gasteiger partial charge in [-0.3, -0.25) is 6.08 Å². The van der Waals surface area contributed by atoms with Gasteiger partial charge in [-0.05, 0) is 13.3 Å². The summed E-state index contributed by atoms with van der Waals surface area (Å²) in [5, 5.41) is 0. The van der Waals surface area contributed by atoms with E-state index in [1.165, 1.54) is 5.57 Å². The van der Waals surface area contributed by atoms with Crippen molar-refractivity contribution in [3.63, 3.8) is 0 Å². The molecule has 1 nitrogen and oxygen atoms in total. The van der Waals surface area contributed by atoms with Crippen LogP contribution >= 0.6 is 0 Å². The van der Waals surface area contributed by atoms with E-state index in [1.807, 2.05) is 6.92 Å². The summed E-state index contributed by atoms with van der Waals surface area (Å²) in [4.78, 5) is 0. The minimum Gasteiger partial charge on any atom is -1.00 e. The minimum absolute atomic E-state index is 0. The molecule has 0 saturated carbocycles. The Morgan fingerprint density at radius 3 is 2.64 bits per heavy atom. The van der Waals surface area contributed by atoms with Crippen molar-refractivity contribution in [1.29, 1.82) is 0 Å². The molecule has 79 valence electrons. The van der Waals surface area contributed by atoms with Crippen molar-refractivity contribution in [1.82, 2.24) is 0 Å². The van der Waals surface area contributed by atoms with E-state index in [0.29, 0.717) is 0 Å². The molecule has 0 saturated heterocycles. The summed E-state index contributed by atoms with van der Waals surface area (Å²) >= 11 is 0. The van der Waals surface area contributed by atoms with Crippen LogP contribution in [-0.2, 0) is 26.5 Å². The number of ether oxygens (including phenoxy) is 1. The molecule has 4 heteroatoms. The molecule has 0 atom stereocenters. The molecule has 0 aliphatic heterocycles. The molecule has 1 aliphatic carbocycles. The standard InChI is InChI=1S/C10H15O.2ClH.Ti/c1-2-11-9-5-8-10-6-3-4-7-10;;;/h3,6H,2,4-5,8-9H2,1H3;2*1H;/q-1;;;+3/p-2. The van der Waals surface area contributed by atoms with E-state index in [-0.39, 0.29) is 46.5 Å². The van der Waals surface area contributed by atoms with Gasteiger partial charge >= 0.3 is 21.7 Å². The van der Waals surface area contributed by atoms with E-state index in [4.69, 9.17) is 4.74 Å². The zero-order valence-electron chi connectivity index (χ0n) is 8.35. The van der Waals surface area contributed by atoms with Gasteiger partial charge in [0.05, 0.1) is 0 Å². The molecule has 0 aromatic carbocycles. The SMILES string of the molecule is CCOCCCC1=[C-]CC=C1.[Cl-].[Cl-].[Ti+3]. The number of rotatable bonds is 5. The Morgan fingerprint density at radius 1 is 1.43 bits per heavy atom. The molecule has 0 fully saturated rings. The first kappa shape index (κ1) is 20.2. The minimum atomic E-state index is 0. The van der Waals surface area contributed by atoms with E-state index >= 15 is 0 Å². The van der Waals surface area contributed by atoms with Gasteiger partial charge in [0.25, 0.3) is 0 Å². The van der Waals surface area contributed by atoms with Gasteiger partial charge in [0, 0.05) is 13.2 Å². The topological polar surface area (TPSA) is 9.23 Å². The van der Waals surface area contributed by atoms with Crippen molar-refractivity contribution in [3.8, 4) is 0 Å². The normalized spacial score (nSPS) is 12.2. The molecule has 0 amide bonds. The molecule has 1 radical (unpaired) electrons. The van der Waals surface area contributed by atoms with E-state index in [2.05, 4.69) is 18.2 Å². The first-order valence-corrected chi connectivity index (χ1v) is 4.27. The Kier molecular flexibility index (Phi) is 19.8. The third kappa shape index (κ3) is 9.30. The first-order valence-electron chi connectivity index (χ1n) is 4.27. The van der Waals surface area contributed by atoms with Gasteiger partial charge in [-0.2, -0.15) is 6.08 Å². The summed E-state index contributed by atoms with van der Waals surface area (Å²) in [6.07, 6.45) is 10.8. The molecule has 0 heterocycles. The van der Waals surface area contributed by atoms with Gasteiger partial charge in [0.15, 0.2) is 0 Å². The maximum atomic E-state index is 5.23. The van der Waals surface area contributed by atoms with Crippen LogP contribution in [-0.4, -0.2) is 13.2 Å². The molecule has 1 rings (SSSR count). The van der Waals surface area contributed by atoms with Crippen molar-refractivity contribution < 1.29 is 51.3 Å². The van der Waals surface area contributed by atoms with E-state index < -0.39 is 0 Å². The molecule has 0 aromatic rings. The monoisotopic (exact) mass is 269 g/mol. The van der Waals surface area contributed by atoms with Gasteiger partial charge in [-0.15, -0.1) is 6.42 Å². The number of halogens is 2. The first-order chi connectivity index (χ1) is 5.43. The van der Waals surface area contributed by atoms with Crippen LogP contribution in [0.1, 0.15) is 26.2 Å². The van der Waals surface area contributed by atoms with Crippen LogP contribution in [0.2, 0.25) is 0 Å². The largest absolute Gasteiger partial charge is 3.00 e. The van der Waals surface area contributed by atoms with Crippen LogP contribution in [0, 0.1) is 6.08 Å². The Balaban J connectivity index is -0.000000403. The Hall–Kier alpha value is 0.734. The molecule has 1 aliphatic rings. The molecule has 14 heavy (non-hydrogen) atoms. The smallest absolute Gasteiger partial charge is 1.00 e. The zero-order chi connectivity index (χ0) is 7.94. The summed E-state index contributed by atoms with van der Waals surface area (Å²) in [6.45, 7) is 3.75. The maximum Gasteiger partial charge on any atom is 3.00 e. The molecule has 0 unspecified atom stereocenters. The predicted octanol–water partition coefficient (Wildman–Crippen LogP) is -3.50. The molecule has 0 bridgehead atoms. The van der Waals surface area contributed by atoms with Crippen LogP contribution in [0.5, 0.6) is 0 Å². The molecular formula is C10H15Cl2OTi. The zero-order valence-corrected chi connectivity index (χ0v) is 11.4. The third-order valence-electron chi connectivity index (χ3n) is 1.70. The Morgan fingerprint density at radius 2 is 2.14 bits per heavy atom. The van der Waals surface area contributed by atoms with Gasteiger partial charge in [-0.1, -0.05) is 6.42 Å². The Bertz CT molecular complexity index is 170. The second-order valence-corrected chi connectivity index (χ2v) is 2.61. The fourth-order valence-corrected chi connectivity index (χ4v) is 1.13. The maximum absolute atomic E-state index is 5.23. The third-order valence-corrected chi connectivity index (χ3v) is 1.70. The van der Waals surface area contributed by atoms with Crippen LogP contribution in [0.15, 0.2) is 17.7 Å². The summed E-state index contributed by atoms with van der Waals surface area (Å²) in [6, 6.07) is 0. The van der Waals surface area contributed by atoms with Crippen LogP contribution < -0.4 is 24.8 Å². The van der Waals surface area contributed by atoms with E-state index in [9.17, 15) is 0 Å². The Labute approximate surface area is 114 Å². The fourth-order valence-electron chi connectivity index (χ4n) is 1.13. The molecular weight excluding hydrogens is 255 g/mol. The van der Waals surface area contributed by atoms with Crippen LogP contribution in [0.3, 0.4) is 0 Å². The van der Waals surface area contributed by atoms with E-state index in [0.717, 1.165) is 32.5 Å². The number of hydrogen-bond donors (Lipinski definition) is 0. The molecule has 0 N–H and O–H groups in total. The van der Waals surface area contributed by atoms with Crippen molar-refractivity contribution in [3.05, 3.63) is 23.8 Å². The van der Waals surface area contributed by atoms with Crippen molar-refractivity contribution in [2.45, 2.75) is 26.2 Å². The second-order valence-electron chi connectivity index (χ2n) is 2.61. The summed E-state index contributed by atoms with van der Waals surface area (Å²) in [5.41, 5.74) is 1.35. The van der Waals surface area contributed by atoms with Crippen molar-refractivity contribution >= 4 is 0 Å². The van der Waals surface area contributed by atoms with Crippen molar-refractivity contribution in [2.24, 2.45) is 0 Å². The summed E-state index contributed by atoms with van der Waals surface area (Å²) in [5.74, 6) is 0. The average molecular weight is 270 g/mol.